The number of piperazine rings is 1. The molecule has 0 bridgehead atoms. The minimum absolute atomic E-state index is 0.519. The van der Waals surface area contributed by atoms with E-state index in [1.54, 1.807) is 9.80 Å². The number of hydrogen-bond donors (Lipinski definition) is 1. The summed E-state index contributed by atoms with van der Waals surface area (Å²) in [6.45, 7) is 2.96. The average Bonchev–Trinajstić information content (AvgIpc) is 2.17. The van der Waals surface area contributed by atoms with Crippen LogP contribution in [0.15, 0.2) is 0 Å². The Labute approximate surface area is 78.4 Å². The number of nitrogens with zero attached hydrogens (tertiary/aromatic N) is 3. The van der Waals surface area contributed by atoms with Crippen molar-refractivity contribution in [3.63, 3.8) is 0 Å². The highest BCUT2D eigenvalue weighted by Crippen LogP contribution is 2.00. The largest absolute Gasteiger partial charge is 0.349 e. The third-order valence-electron chi connectivity index (χ3n) is 2.19. The highest BCUT2D eigenvalue weighted by molar-refractivity contribution is 5.76. The fourth-order valence-electron chi connectivity index (χ4n) is 1.32. The van der Waals surface area contributed by atoms with Crippen LogP contribution in [0.3, 0.4) is 0 Å². The normalized spacial score (nSPS) is 17.1. The van der Waals surface area contributed by atoms with E-state index < -0.39 is 0 Å². The zero-order valence-corrected chi connectivity index (χ0v) is 8.16. The predicted molar refractivity (Wildman–Crippen MR) is 50.6 cm³/mol. The molecule has 0 saturated carbocycles. The van der Waals surface area contributed by atoms with E-state index in [0.717, 1.165) is 32.6 Å². The van der Waals surface area contributed by atoms with Crippen molar-refractivity contribution in [1.82, 2.24) is 14.7 Å². The minimum atomic E-state index is 0.519. The van der Waals surface area contributed by atoms with E-state index >= 15 is 0 Å². The molecule has 1 fully saturated rings. The van der Waals surface area contributed by atoms with Crippen LogP contribution in [0.5, 0.6) is 0 Å². The maximum atomic E-state index is 10.4. The van der Waals surface area contributed by atoms with Crippen molar-refractivity contribution in [2.45, 2.75) is 0 Å². The zero-order valence-electron chi connectivity index (χ0n) is 8.16. The monoisotopic (exact) mass is 184 g/mol. The van der Waals surface area contributed by atoms with Gasteiger partial charge in [0.25, 0.3) is 0 Å². The highest BCUT2D eigenvalue weighted by atomic mass is 16.1. The molecule has 1 saturated heterocycles. The lowest BCUT2D eigenvalue weighted by atomic mass is 10.3. The number of nitrogens with one attached hydrogen (secondary N) is 1. The summed E-state index contributed by atoms with van der Waals surface area (Å²) in [5.41, 5.74) is 0. The Bertz CT molecular complexity index is 196. The number of carbonyl (C=O) groups is 1. The van der Waals surface area contributed by atoms with Gasteiger partial charge in [-0.25, -0.2) is 0 Å². The maximum absolute atomic E-state index is 10.4. The van der Waals surface area contributed by atoms with E-state index in [1.807, 2.05) is 19.0 Å². The summed E-state index contributed by atoms with van der Waals surface area (Å²) < 4.78 is 0. The Morgan fingerprint density at radius 2 is 1.85 bits per heavy atom. The first kappa shape index (κ1) is 9.83. The third-order valence-corrected chi connectivity index (χ3v) is 2.19. The molecule has 1 heterocycles. The molecule has 0 aliphatic carbocycles. The number of guanidine groups is 1. The molecule has 1 aliphatic rings. The molecule has 1 N–H and O–H groups in total. The Balaban J connectivity index is 2.40. The van der Waals surface area contributed by atoms with Crippen LogP contribution in [0, 0.1) is 5.41 Å². The van der Waals surface area contributed by atoms with Gasteiger partial charge in [0.1, 0.15) is 0 Å². The van der Waals surface area contributed by atoms with Crippen LogP contribution < -0.4 is 0 Å². The summed E-state index contributed by atoms with van der Waals surface area (Å²) in [5.74, 6) is 0.519. The van der Waals surface area contributed by atoms with Crippen molar-refractivity contribution in [3.8, 4) is 0 Å². The second-order valence-corrected chi connectivity index (χ2v) is 3.35. The van der Waals surface area contributed by atoms with Gasteiger partial charge in [0, 0.05) is 40.3 Å². The van der Waals surface area contributed by atoms with Gasteiger partial charge in [-0.2, -0.15) is 0 Å². The van der Waals surface area contributed by atoms with E-state index in [9.17, 15) is 4.79 Å². The molecule has 0 aromatic heterocycles. The Hall–Kier alpha value is -1.26. The molecule has 74 valence electrons. The molecule has 5 heteroatoms. The lowest BCUT2D eigenvalue weighted by molar-refractivity contribution is -0.119. The van der Waals surface area contributed by atoms with Gasteiger partial charge in [-0.1, -0.05) is 0 Å². The number of rotatable bonds is 1. The quantitative estimate of drug-likeness (QED) is 0.331. The molecule has 1 rings (SSSR count). The topological polar surface area (TPSA) is 50.6 Å². The summed E-state index contributed by atoms with van der Waals surface area (Å²) in [7, 11) is 3.71. The van der Waals surface area contributed by atoms with Gasteiger partial charge in [0.15, 0.2) is 5.96 Å². The Morgan fingerprint density at radius 1 is 1.31 bits per heavy atom. The first-order valence-electron chi connectivity index (χ1n) is 4.35. The van der Waals surface area contributed by atoms with E-state index in [1.165, 1.54) is 0 Å². The molecular formula is C8H16N4O. The summed E-state index contributed by atoms with van der Waals surface area (Å²) in [4.78, 5) is 15.9. The minimum Gasteiger partial charge on any atom is -0.349 e. The summed E-state index contributed by atoms with van der Waals surface area (Å²) in [6.07, 6.45) is 0.872. The van der Waals surface area contributed by atoms with Crippen LogP contribution >= 0.6 is 0 Å². The van der Waals surface area contributed by atoms with Crippen molar-refractivity contribution in [1.29, 1.82) is 5.41 Å². The van der Waals surface area contributed by atoms with Crippen LogP contribution in [0.4, 0.5) is 0 Å². The van der Waals surface area contributed by atoms with Gasteiger partial charge in [0.2, 0.25) is 6.41 Å². The molecule has 1 amide bonds. The average molecular weight is 184 g/mol. The van der Waals surface area contributed by atoms with Crippen molar-refractivity contribution in [2.75, 3.05) is 40.3 Å². The zero-order chi connectivity index (χ0) is 9.84. The third kappa shape index (κ3) is 2.34. The standard InChI is InChI=1S/C8H16N4O/c1-10(2)8(9)12-5-3-11(7-13)4-6-12/h7,9H,3-6H2,1-2H3. The first-order valence-corrected chi connectivity index (χ1v) is 4.35. The van der Waals surface area contributed by atoms with Crippen LogP contribution in [-0.2, 0) is 4.79 Å². The highest BCUT2D eigenvalue weighted by Gasteiger charge is 2.18. The van der Waals surface area contributed by atoms with Crippen molar-refractivity contribution in [3.05, 3.63) is 0 Å². The molecule has 1 aliphatic heterocycles. The van der Waals surface area contributed by atoms with Gasteiger partial charge >= 0.3 is 0 Å². The fraction of sp³-hybridized carbons (Fsp3) is 0.750. The molecule has 0 atom stereocenters. The van der Waals surface area contributed by atoms with Crippen molar-refractivity contribution >= 4 is 12.4 Å². The molecule has 0 unspecified atom stereocenters. The molecule has 0 aromatic rings. The van der Waals surface area contributed by atoms with Crippen LogP contribution in [-0.4, -0.2) is 67.3 Å². The summed E-state index contributed by atoms with van der Waals surface area (Å²) >= 11 is 0. The van der Waals surface area contributed by atoms with E-state index in [0.29, 0.717) is 5.96 Å². The first-order chi connectivity index (χ1) is 6.15. The van der Waals surface area contributed by atoms with Gasteiger partial charge in [-0.05, 0) is 0 Å². The number of hydrogen-bond acceptors (Lipinski definition) is 2. The van der Waals surface area contributed by atoms with Crippen molar-refractivity contribution < 1.29 is 4.79 Å². The maximum Gasteiger partial charge on any atom is 0.209 e. The van der Waals surface area contributed by atoms with Crippen molar-refractivity contribution in [2.24, 2.45) is 0 Å². The van der Waals surface area contributed by atoms with Gasteiger partial charge in [-0.15, -0.1) is 0 Å². The molecule has 13 heavy (non-hydrogen) atoms. The SMILES string of the molecule is CN(C)C(=N)N1CCN(C=O)CC1. The number of carbonyl (C=O) groups excluding carboxylic acids is 1. The number of amides is 1. The summed E-state index contributed by atoms with van der Waals surface area (Å²) in [6, 6.07) is 0. The second-order valence-electron chi connectivity index (χ2n) is 3.35. The second kappa shape index (κ2) is 4.11. The molecular weight excluding hydrogens is 168 g/mol. The van der Waals surface area contributed by atoms with Crippen LogP contribution in [0.2, 0.25) is 0 Å². The van der Waals surface area contributed by atoms with Gasteiger partial charge in [0.05, 0.1) is 0 Å². The van der Waals surface area contributed by atoms with E-state index in [2.05, 4.69) is 0 Å². The lowest BCUT2D eigenvalue weighted by Crippen LogP contribution is -2.51. The van der Waals surface area contributed by atoms with Gasteiger partial charge < -0.3 is 14.7 Å². The smallest absolute Gasteiger partial charge is 0.209 e. The van der Waals surface area contributed by atoms with Gasteiger partial charge in [-0.3, -0.25) is 10.2 Å². The predicted octanol–water partition coefficient (Wildman–Crippen LogP) is -0.743. The van der Waals surface area contributed by atoms with E-state index in [4.69, 9.17) is 5.41 Å². The molecule has 5 nitrogen and oxygen atoms in total. The van der Waals surface area contributed by atoms with E-state index in [-0.39, 0.29) is 0 Å². The Morgan fingerprint density at radius 3 is 2.23 bits per heavy atom. The van der Waals surface area contributed by atoms with Crippen LogP contribution in [0.25, 0.3) is 0 Å². The summed E-state index contributed by atoms with van der Waals surface area (Å²) in [5, 5.41) is 7.71. The molecule has 0 spiro atoms. The Kier molecular flexibility index (Phi) is 3.11. The van der Waals surface area contributed by atoms with Crippen LogP contribution in [0.1, 0.15) is 0 Å². The molecule has 0 aromatic carbocycles. The fourth-order valence-corrected chi connectivity index (χ4v) is 1.32. The lowest BCUT2D eigenvalue weighted by Gasteiger charge is -2.35. The molecule has 0 radical (unpaired) electrons.